The average Bonchev–Trinajstić information content (AvgIpc) is 3.34. The lowest BCUT2D eigenvalue weighted by atomic mass is 9.93. The van der Waals surface area contributed by atoms with E-state index in [9.17, 15) is 32.6 Å². The number of amides is 1. The van der Waals surface area contributed by atoms with Crippen molar-refractivity contribution in [3.8, 4) is 0 Å². The molecule has 0 spiro atoms. The first-order valence-corrected chi connectivity index (χ1v) is 11.3. The molecule has 192 valence electrons. The second-order valence-electron chi connectivity index (χ2n) is 9.96. The Hall–Kier alpha value is -2.69. The van der Waals surface area contributed by atoms with Crippen molar-refractivity contribution in [3.05, 3.63) is 70.8 Å². The van der Waals surface area contributed by atoms with Gasteiger partial charge >= 0.3 is 6.09 Å². The zero-order valence-electron chi connectivity index (χ0n) is 19.9. The van der Waals surface area contributed by atoms with E-state index in [0.717, 1.165) is 24.3 Å². The highest BCUT2D eigenvalue weighted by Crippen LogP contribution is 2.33. The summed E-state index contributed by atoms with van der Waals surface area (Å²) in [6.07, 6.45) is 0.140. The number of halogens is 4. The van der Waals surface area contributed by atoms with Gasteiger partial charge in [0.15, 0.2) is 0 Å². The maximum Gasteiger partial charge on any atom is 0.410 e. The summed E-state index contributed by atoms with van der Waals surface area (Å²) in [6, 6.07) is 6.07. The van der Waals surface area contributed by atoms with Crippen molar-refractivity contribution < 1.29 is 37.3 Å². The monoisotopic (exact) mass is 498 g/mol. The van der Waals surface area contributed by atoms with Crippen molar-refractivity contribution in [2.45, 2.75) is 50.4 Å². The van der Waals surface area contributed by atoms with Crippen LogP contribution in [0, 0.1) is 23.3 Å². The van der Waals surface area contributed by atoms with Gasteiger partial charge in [0.05, 0.1) is 6.54 Å². The standard InChI is InChI=1S/C15H19F2NO3.C10H11F2NO/c1-14(2,3)21-13(19)18-5-4-15(20,9-18)10-6-11(16)8-12(17)7-10;11-8-3-7(4-9(12)5-8)10(14)1-2-13-6-10/h6-8,20H,4-5,9H2,1-3H3;3-5,13-14H,1-2,6H2. The van der Waals surface area contributed by atoms with E-state index in [1.165, 1.54) is 17.0 Å². The van der Waals surface area contributed by atoms with Gasteiger partial charge in [-0.05, 0) is 75.5 Å². The van der Waals surface area contributed by atoms with Crippen LogP contribution in [0.3, 0.4) is 0 Å². The molecule has 0 saturated carbocycles. The molecule has 2 fully saturated rings. The number of likely N-dealkylation sites (tertiary alicyclic amines) is 1. The Bertz CT molecular complexity index is 1030. The van der Waals surface area contributed by atoms with Crippen molar-refractivity contribution >= 4 is 6.09 Å². The molecule has 2 aromatic carbocycles. The smallest absolute Gasteiger partial charge is 0.410 e. The number of hydrogen-bond acceptors (Lipinski definition) is 5. The second kappa shape index (κ2) is 10.1. The lowest BCUT2D eigenvalue weighted by Gasteiger charge is -2.26. The molecule has 2 atom stereocenters. The van der Waals surface area contributed by atoms with Crippen LogP contribution in [0.15, 0.2) is 36.4 Å². The number of rotatable bonds is 2. The molecular formula is C25H30F4N2O4. The fourth-order valence-corrected chi connectivity index (χ4v) is 4.08. The van der Waals surface area contributed by atoms with Crippen LogP contribution < -0.4 is 5.32 Å². The Morgan fingerprint density at radius 2 is 1.37 bits per heavy atom. The maximum atomic E-state index is 13.3. The zero-order valence-corrected chi connectivity index (χ0v) is 19.9. The molecule has 2 unspecified atom stereocenters. The highest BCUT2D eigenvalue weighted by atomic mass is 19.1. The number of ether oxygens (including phenoxy) is 1. The molecule has 0 radical (unpaired) electrons. The van der Waals surface area contributed by atoms with Crippen LogP contribution >= 0.6 is 0 Å². The molecule has 0 aromatic heterocycles. The van der Waals surface area contributed by atoms with Crippen LogP contribution in [-0.4, -0.2) is 53.0 Å². The van der Waals surface area contributed by atoms with E-state index >= 15 is 0 Å². The van der Waals surface area contributed by atoms with Crippen LogP contribution in [0.5, 0.6) is 0 Å². The fraction of sp³-hybridized carbons (Fsp3) is 0.480. The highest BCUT2D eigenvalue weighted by molar-refractivity contribution is 5.68. The normalized spacial score (nSPS) is 24.2. The SMILES string of the molecule is CC(C)(C)OC(=O)N1CCC(O)(c2cc(F)cc(F)c2)C1.OC1(c2cc(F)cc(F)c2)CCNC1. The van der Waals surface area contributed by atoms with Gasteiger partial charge in [0.1, 0.15) is 40.1 Å². The first-order valence-electron chi connectivity index (χ1n) is 11.3. The van der Waals surface area contributed by atoms with Crippen molar-refractivity contribution in [3.63, 3.8) is 0 Å². The minimum absolute atomic E-state index is 0.0508. The summed E-state index contributed by atoms with van der Waals surface area (Å²) in [5.74, 6) is -2.82. The minimum atomic E-state index is -1.46. The number of β-amino-alcohol motifs (C(OH)–C–C–N with tert-alkyl or cyclic N) is 2. The maximum absolute atomic E-state index is 13.3. The Kier molecular flexibility index (Phi) is 7.78. The molecule has 10 heteroatoms. The summed E-state index contributed by atoms with van der Waals surface area (Å²) in [5, 5.41) is 23.5. The van der Waals surface area contributed by atoms with E-state index in [0.29, 0.717) is 25.1 Å². The third-order valence-electron chi connectivity index (χ3n) is 5.83. The third kappa shape index (κ3) is 6.93. The average molecular weight is 499 g/mol. The molecule has 6 nitrogen and oxygen atoms in total. The lowest BCUT2D eigenvalue weighted by Crippen LogP contribution is -2.38. The van der Waals surface area contributed by atoms with Crippen LogP contribution in [0.2, 0.25) is 0 Å². The minimum Gasteiger partial charge on any atom is -0.444 e. The fourth-order valence-electron chi connectivity index (χ4n) is 4.08. The summed E-state index contributed by atoms with van der Waals surface area (Å²) in [4.78, 5) is 13.3. The van der Waals surface area contributed by atoms with Gasteiger partial charge < -0.3 is 25.2 Å². The largest absolute Gasteiger partial charge is 0.444 e. The van der Waals surface area contributed by atoms with Gasteiger partial charge in [0, 0.05) is 25.2 Å². The van der Waals surface area contributed by atoms with Crippen LogP contribution in [0.4, 0.5) is 22.4 Å². The van der Waals surface area contributed by atoms with E-state index in [2.05, 4.69) is 5.32 Å². The first kappa shape index (κ1) is 26.9. The van der Waals surface area contributed by atoms with Crippen LogP contribution in [0.25, 0.3) is 0 Å². The van der Waals surface area contributed by atoms with Gasteiger partial charge in [-0.2, -0.15) is 0 Å². The Labute approximate surface area is 201 Å². The number of carbonyl (C=O) groups excluding carboxylic acids is 1. The van der Waals surface area contributed by atoms with Crippen molar-refractivity contribution in [2.75, 3.05) is 26.2 Å². The quantitative estimate of drug-likeness (QED) is 0.547. The Balaban J connectivity index is 0.000000211. The topological polar surface area (TPSA) is 82.0 Å². The third-order valence-corrected chi connectivity index (χ3v) is 5.83. The van der Waals surface area contributed by atoms with E-state index in [-0.39, 0.29) is 25.1 Å². The molecule has 2 aromatic rings. The molecule has 2 saturated heterocycles. The van der Waals surface area contributed by atoms with Gasteiger partial charge in [-0.25, -0.2) is 22.4 Å². The molecule has 2 aliphatic rings. The predicted molar refractivity (Wildman–Crippen MR) is 120 cm³/mol. The second-order valence-corrected chi connectivity index (χ2v) is 9.96. The number of nitrogens with zero attached hydrogens (tertiary/aromatic N) is 1. The number of carbonyl (C=O) groups is 1. The van der Waals surface area contributed by atoms with Crippen molar-refractivity contribution in [1.29, 1.82) is 0 Å². The summed E-state index contributed by atoms with van der Waals surface area (Å²) in [6.45, 7) is 6.46. The summed E-state index contributed by atoms with van der Waals surface area (Å²) in [5.41, 5.74) is -2.78. The molecule has 0 aliphatic carbocycles. The molecule has 3 N–H and O–H groups in total. The molecule has 0 bridgehead atoms. The molecular weight excluding hydrogens is 468 g/mol. The Morgan fingerprint density at radius 3 is 1.80 bits per heavy atom. The van der Waals surface area contributed by atoms with Gasteiger partial charge in [-0.3, -0.25) is 0 Å². The van der Waals surface area contributed by atoms with Crippen molar-refractivity contribution in [1.82, 2.24) is 10.2 Å². The van der Waals surface area contributed by atoms with E-state index in [1.807, 2.05) is 0 Å². The summed E-state index contributed by atoms with van der Waals surface area (Å²) >= 11 is 0. The van der Waals surface area contributed by atoms with Crippen LogP contribution in [-0.2, 0) is 15.9 Å². The van der Waals surface area contributed by atoms with Gasteiger partial charge in [-0.15, -0.1) is 0 Å². The lowest BCUT2D eigenvalue weighted by molar-refractivity contribution is 0.0138. The molecule has 4 rings (SSSR count). The van der Waals surface area contributed by atoms with Crippen LogP contribution in [0.1, 0.15) is 44.7 Å². The van der Waals surface area contributed by atoms with E-state index < -0.39 is 46.2 Å². The Morgan fingerprint density at radius 1 is 0.886 bits per heavy atom. The summed E-state index contributed by atoms with van der Waals surface area (Å²) < 4.78 is 57.5. The number of nitrogens with one attached hydrogen (secondary N) is 1. The molecule has 35 heavy (non-hydrogen) atoms. The molecule has 1 amide bonds. The molecule has 2 heterocycles. The number of benzene rings is 2. The number of hydrogen-bond donors (Lipinski definition) is 3. The van der Waals surface area contributed by atoms with E-state index in [1.54, 1.807) is 20.8 Å². The number of aliphatic hydroxyl groups is 2. The van der Waals surface area contributed by atoms with E-state index in [4.69, 9.17) is 4.74 Å². The van der Waals surface area contributed by atoms with Crippen molar-refractivity contribution in [2.24, 2.45) is 0 Å². The van der Waals surface area contributed by atoms with Gasteiger partial charge in [0.2, 0.25) is 0 Å². The molecule has 2 aliphatic heterocycles. The summed E-state index contributed by atoms with van der Waals surface area (Å²) in [7, 11) is 0. The highest BCUT2D eigenvalue weighted by Gasteiger charge is 2.41. The van der Waals surface area contributed by atoms with Gasteiger partial charge in [-0.1, -0.05) is 0 Å². The van der Waals surface area contributed by atoms with Gasteiger partial charge in [0.25, 0.3) is 0 Å². The zero-order chi connectivity index (χ0) is 26.0. The first-order chi connectivity index (χ1) is 16.2. The predicted octanol–water partition coefficient (Wildman–Crippen LogP) is 3.94.